The highest BCUT2D eigenvalue weighted by Gasteiger charge is 2.14. The lowest BCUT2D eigenvalue weighted by Gasteiger charge is -2.10. The van der Waals surface area contributed by atoms with Crippen molar-refractivity contribution in [2.75, 3.05) is 25.2 Å². The van der Waals surface area contributed by atoms with Gasteiger partial charge in [-0.15, -0.1) is 0 Å². The Morgan fingerprint density at radius 3 is 3.11 bits per heavy atom. The van der Waals surface area contributed by atoms with Crippen LogP contribution in [0.4, 0.5) is 0 Å². The van der Waals surface area contributed by atoms with E-state index >= 15 is 0 Å². The van der Waals surface area contributed by atoms with Crippen molar-refractivity contribution in [2.24, 2.45) is 5.92 Å². The van der Waals surface area contributed by atoms with E-state index in [0.717, 1.165) is 24.6 Å². The molecule has 1 aromatic carbocycles. The molecule has 1 aromatic rings. The van der Waals surface area contributed by atoms with E-state index in [4.69, 9.17) is 10.00 Å². The second-order valence-corrected chi connectivity index (χ2v) is 5.66. The van der Waals surface area contributed by atoms with Crippen LogP contribution < -0.4 is 10.1 Å². The van der Waals surface area contributed by atoms with Crippen molar-refractivity contribution in [3.05, 3.63) is 29.3 Å². The van der Waals surface area contributed by atoms with Crippen LogP contribution >= 0.6 is 11.8 Å². The molecule has 1 saturated heterocycles. The molecule has 1 unspecified atom stereocenters. The summed E-state index contributed by atoms with van der Waals surface area (Å²) in [5, 5.41) is 12.5. The average molecular weight is 262 g/mol. The molecule has 96 valence electrons. The van der Waals surface area contributed by atoms with Gasteiger partial charge >= 0.3 is 0 Å². The second-order valence-electron chi connectivity index (χ2n) is 4.51. The summed E-state index contributed by atoms with van der Waals surface area (Å²) in [6.45, 7) is 1.89. The Morgan fingerprint density at radius 2 is 2.44 bits per heavy atom. The number of ether oxygens (including phenoxy) is 1. The Labute approximate surface area is 113 Å². The van der Waals surface area contributed by atoms with Gasteiger partial charge < -0.3 is 10.1 Å². The molecule has 4 heteroatoms. The first-order valence-electron chi connectivity index (χ1n) is 6.19. The monoisotopic (exact) mass is 262 g/mol. The van der Waals surface area contributed by atoms with Gasteiger partial charge in [0, 0.05) is 6.54 Å². The number of nitrogens with one attached hydrogen (secondary N) is 1. The quantitative estimate of drug-likeness (QED) is 0.885. The van der Waals surface area contributed by atoms with Crippen LogP contribution in [0.5, 0.6) is 5.75 Å². The molecular weight excluding hydrogens is 244 g/mol. The minimum Gasteiger partial charge on any atom is -0.495 e. The molecule has 2 rings (SSSR count). The van der Waals surface area contributed by atoms with Crippen LogP contribution in [0.15, 0.2) is 18.2 Å². The van der Waals surface area contributed by atoms with Crippen LogP contribution in [0.3, 0.4) is 0 Å². The number of rotatable bonds is 5. The molecule has 0 saturated carbocycles. The van der Waals surface area contributed by atoms with Gasteiger partial charge in [-0.25, -0.2) is 0 Å². The molecule has 1 N–H and O–H groups in total. The first kappa shape index (κ1) is 13.3. The summed E-state index contributed by atoms with van der Waals surface area (Å²) in [6, 6.07) is 7.93. The van der Waals surface area contributed by atoms with E-state index in [9.17, 15) is 0 Å². The van der Waals surface area contributed by atoms with Crippen molar-refractivity contribution in [1.29, 1.82) is 5.26 Å². The number of thioether (sulfide) groups is 1. The highest BCUT2D eigenvalue weighted by atomic mass is 32.2. The van der Waals surface area contributed by atoms with E-state index in [0.29, 0.717) is 11.3 Å². The highest BCUT2D eigenvalue weighted by Crippen LogP contribution is 2.23. The average Bonchev–Trinajstić information content (AvgIpc) is 2.91. The fourth-order valence-electron chi connectivity index (χ4n) is 2.12. The normalized spacial score (nSPS) is 18.6. The maximum absolute atomic E-state index is 9.02. The molecule has 1 atom stereocenters. The fourth-order valence-corrected chi connectivity index (χ4v) is 3.40. The predicted molar refractivity (Wildman–Crippen MR) is 74.8 cm³/mol. The Morgan fingerprint density at radius 1 is 1.56 bits per heavy atom. The molecule has 1 aliphatic rings. The van der Waals surface area contributed by atoms with Crippen LogP contribution in [0, 0.1) is 17.2 Å². The molecule has 0 amide bonds. The number of methoxy groups -OCH3 is 1. The number of hydrogen-bond donors (Lipinski definition) is 1. The van der Waals surface area contributed by atoms with E-state index in [-0.39, 0.29) is 0 Å². The molecule has 0 radical (unpaired) electrons. The van der Waals surface area contributed by atoms with Crippen molar-refractivity contribution >= 4 is 11.8 Å². The lowest BCUT2D eigenvalue weighted by molar-refractivity contribution is 0.413. The molecule has 0 aromatic heterocycles. The van der Waals surface area contributed by atoms with Crippen molar-refractivity contribution in [3.8, 4) is 11.8 Å². The molecule has 1 aliphatic heterocycles. The third-order valence-corrected chi connectivity index (χ3v) is 4.40. The van der Waals surface area contributed by atoms with Crippen molar-refractivity contribution in [1.82, 2.24) is 5.32 Å². The van der Waals surface area contributed by atoms with Gasteiger partial charge in [0.25, 0.3) is 0 Å². The number of nitriles is 1. The number of nitrogens with zero attached hydrogens (tertiary/aromatic N) is 1. The van der Waals surface area contributed by atoms with Gasteiger partial charge in [-0.1, -0.05) is 6.07 Å². The molecule has 18 heavy (non-hydrogen) atoms. The van der Waals surface area contributed by atoms with Crippen LogP contribution in [-0.4, -0.2) is 25.2 Å². The fraction of sp³-hybridized carbons (Fsp3) is 0.500. The molecular formula is C14H18N2OS. The molecule has 1 fully saturated rings. The van der Waals surface area contributed by atoms with Crippen molar-refractivity contribution < 1.29 is 4.74 Å². The minimum atomic E-state index is 0.605. The lowest BCUT2D eigenvalue weighted by Crippen LogP contribution is -2.22. The Hall–Kier alpha value is -1.18. The standard InChI is InChI=1S/C14H18N2OS/c1-17-14-3-2-11(6-13(14)7-15)8-16-9-12-4-5-18-10-12/h2-3,6,12,16H,4-5,8-10H2,1H3. The molecule has 3 nitrogen and oxygen atoms in total. The predicted octanol–water partition coefficient (Wildman–Crippen LogP) is 2.41. The van der Waals surface area contributed by atoms with E-state index < -0.39 is 0 Å². The van der Waals surface area contributed by atoms with E-state index in [1.54, 1.807) is 7.11 Å². The van der Waals surface area contributed by atoms with Crippen LogP contribution in [-0.2, 0) is 6.54 Å². The summed E-state index contributed by atoms with van der Waals surface area (Å²) >= 11 is 2.04. The summed E-state index contributed by atoms with van der Waals surface area (Å²) in [5.74, 6) is 4.03. The highest BCUT2D eigenvalue weighted by molar-refractivity contribution is 7.99. The smallest absolute Gasteiger partial charge is 0.136 e. The van der Waals surface area contributed by atoms with Gasteiger partial charge in [0.2, 0.25) is 0 Å². The zero-order valence-corrected chi connectivity index (χ0v) is 11.4. The van der Waals surface area contributed by atoms with Gasteiger partial charge in [-0.05, 0) is 48.1 Å². The number of hydrogen-bond acceptors (Lipinski definition) is 4. The van der Waals surface area contributed by atoms with Crippen LogP contribution in [0.1, 0.15) is 17.5 Å². The van der Waals surface area contributed by atoms with Gasteiger partial charge in [0.05, 0.1) is 12.7 Å². The first-order chi connectivity index (χ1) is 8.83. The Bertz CT molecular complexity index is 436. The first-order valence-corrected chi connectivity index (χ1v) is 7.34. The summed E-state index contributed by atoms with van der Waals surface area (Å²) in [6.07, 6.45) is 1.32. The van der Waals surface area contributed by atoms with E-state index in [1.807, 2.05) is 30.0 Å². The zero-order valence-electron chi connectivity index (χ0n) is 10.6. The molecule has 0 spiro atoms. The van der Waals surface area contributed by atoms with Gasteiger partial charge in [0.15, 0.2) is 0 Å². The van der Waals surface area contributed by atoms with E-state index in [1.165, 1.54) is 17.9 Å². The maximum atomic E-state index is 9.02. The third kappa shape index (κ3) is 3.41. The van der Waals surface area contributed by atoms with Crippen LogP contribution in [0.2, 0.25) is 0 Å². The SMILES string of the molecule is COc1ccc(CNCC2CCSC2)cc1C#N. The van der Waals surface area contributed by atoms with Gasteiger partial charge in [0.1, 0.15) is 11.8 Å². The van der Waals surface area contributed by atoms with Gasteiger partial charge in [-0.3, -0.25) is 0 Å². The topological polar surface area (TPSA) is 45.0 Å². The lowest BCUT2D eigenvalue weighted by atomic mass is 10.1. The third-order valence-electron chi connectivity index (χ3n) is 3.17. The summed E-state index contributed by atoms with van der Waals surface area (Å²) in [5.41, 5.74) is 1.74. The summed E-state index contributed by atoms with van der Waals surface area (Å²) in [4.78, 5) is 0. The molecule has 1 heterocycles. The van der Waals surface area contributed by atoms with Crippen molar-refractivity contribution in [2.45, 2.75) is 13.0 Å². The second kappa shape index (κ2) is 6.67. The zero-order chi connectivity index (χ0) is 12.8. The summed E-state index contributed by atoms with van der Waals surface area (Å²) in [7, 11) is 1.59. The number of benzene rings is 1. The Balaban J connectivity index is 1.87. The molecule has 0 bridgehead atoms. The van der Waals surface area contributed by atoms with Crippen molar-refractivity contribution in [3.63, 3.8) is 0 Å². The summed E-state index contributed by atoms with van der Waals surface area (Å²) < 4.78 is 5.13. The minimum absolute atomic E-state index is 0.605. The Kier molecular flexibility index (Phi) is 4.91. The van der Waals surface area contributed by atoms with Gasteiger partial charge in [-0.2, -0.15) is 17.0 Å². The maximum Gasteiger partial charge on any atom is 0.136 e. The molecule has 0 aliphatic carbocycles. The largest absolute Gasteiger partial charge is 0.495 e. The van der Waals surface area contributed by atoms with E-state index in [2.05, 4.69) is 11.4 Å². The van der Waals surface area contributed by atoms with Crippen LogP contribution in [0.25, 0.3) is 0 Å².